The van der Waals surface area contributed by atoms with Crippen LogP contribution in [0.5, 0.6) is 0 Å². The Kier molecular flexibility index (Phi) is 9.77. The van der Waals surface area contributed by atoms with Crippen molar-refractivity contribution in [1.82, 2.24) is 19.8 Å². The van der Waals surface area contributed by atoms with Crippen molar-refractivity contribution >= 4 is 32.4 Å². The number of aromatic nitrogens is 2. The van der Waals surface area contributed by atoms with Crippen LogP contribution in [0.15, 0.2) is 54.7 Å². The molecule has 1 heterocycles. The van der Waals surface area contributed by atoms with E-state index in [1.54, 1.807) is 33.7 Å². The van der Waals surface area contributed by atoms with Crippen molar-refractivity contribution in [1.29, 1.82) is 0 Å². The zero-order valence-corrected chi connectivity index (χ0v) is 23.2. The molecule has 2 aromatic carbocycles. The lowest BCUT2D eigenvalue weighted by Crippen LogP contribution is -2.44. The second-order valence-corrected chi connectivity index (χ2v) is 10.8. The van der Waals surface area contributed by atoms with Crippen LogP contribution >= 0.6 is 22.6 Å². The van der Waals surface area contributed by atoms with E-state index in [0.717, 1.165) is 23.8 Å². The average Bonchev–Trinajstić information content (AvgIpc) is 3.24. The molecule has 0 saturated heterocycles. The van der Waals surface area contributed by atoms with Crippen LogP contribution in [-0.2, 0) is 11.3 Å². The van der Waals surface area contributed by atoms with Gasteiger partial charge in [-0.25, -0.2) is 13.8 Å². The summed E-state index contributed by atoms with van der Waals surface area (Å²) in [5.41, 5.74) is 0.677. The van der Waals surface area contributed by atoms with E-state index in [-0.39, 0.29) is 21.7 Å². The van der Waals surface area contributed by atoms with Crippen LogP contribution in [0.2, 0.25) is 0 Å². The van der Waals surface area contributed by atoms with Gasteiger partial charge in [0.25, 0.3) is 3.91 Å². The molecule has 0 bridgehead atoms. The van der Waals surface area contributed by atoms with Crippen molar-refractivity contribution in [3.8, 4) is 11.3 Å². The normalized spacial score (nSPS) is 12.3. The standard InChI is InChI=1S/C27H31F2IN4O3/c1-27(2,3)24(34(23(36)17-35)13-7-12-31-26(30)37)25-32-22(20-14-19(28)10-11-21(20)29)16-33(25)15-18-8-5-4-6-9-18/h4-6,8-11,14,16,24,35H,7,12-13,15,17H2,1-3H3,(H,31,37). The second-order valence-electron chi connectivity index (χ2n) is 9.79. The zero-order chi connectivity index (χ0) is 27.2. The number of carbonyl (C=O) groups excluding carboxylic acids is 2. The molecule has 7 nitrogen and oxygen atoms in total. The molecule has 0 aliphatic carbocycles. The Hall–Kier alpha value is -2.86. The number of imidazole rings is 1. The molecule has 10 heteroatoms. The maximum Gasteiger partial charge on any atom is 0.280 e. The Labute approximate surface area is 229 Å². The highest BCUT2D eigenvalue weighted by molar-refractivity contribution is 14.1. The van der Waals surface area contributed by atoms with Gasteiger partial charge in [-0.05, 0) is 35.6 Å². The molecule has 1 atom stereocenters. The van der Waals surface area contributed by atoms with Gasteiger partial charge in [-0.3, -0.25) is 9.59 Å². The molecule has 0 spiro atoms. The lowest BCUT2D eigenvalue weighted by molar-refractivity contribution is -0.139. The SMILES string of the molecule is CC(C)(C)C(c1nc(-c2cc(F)ccc2F)cn1Cc1ccccc1)N(CCCNC(=O)I)C(=O)CO. The quantitative estimate of drug-likeness (QED) is 0.139. The molecule has 2 N–H and O–H groups in total. The van der Waals surface area contributed by atoms with Crippen LogP contribution in [0.1, 0.15) is 44.6 Å². The monoisotopic (exact) mass is 624 g/mol. The topological polar surface area (TPSA) is 87.5 Å². The summed E-state index contributed by atoms with van der Waals surface area (Å²) in [6.45, 7) is 6.14. The summed E-state index contributed by atoms with van der Waals surface area (Å²) in [4.78, 5) is 30.6. The maximum absolute atomic E-state index is 14.7. The summed E-state index contributed by atoms with van der Waals surface area (Å²) >= 11 is 1.64. The first-order valence-electron chi connectivity index (χ1n) is 11.9. The van der Waals surface area contributed by atoms with Crippen LogP contribution in [-0.4, -0.2) is 49.1 Å². The second kappa shape index (κ2) is 12.6. The summed E-state index contributed by atoms with van der Waals surface area (Å²) in [6.07, 6.45) is 2.12. The van der Waals surface area contributed by atoms with Gasteiger partial charge in [-0.1, -0.05) is 51.1 Å². The summed E-state index contributed by atoms with van der Waals surface area (Å²) in [7, 11) is 0. The van der Waals surface area contributed by atoms with E-state index in [4.69, 9.17) is 4.98 Å². The third kappa shape index (κ3) is 7.57. The zero-order valence-electron chi connectivity index (χ0n) is 21.0. The van der Waals surface area contributed by atoms with Crippen molar-refractivity contribution in [3.63, 3.8) is 0 Å². The molecule has 2 amide bonds. The number of aliphatic hydroxyl groups is 1. The summed E-state index contributed by atoms with van der Waals surface area (Å²) in [5, 5.41) is 12.5. The molecule has 3 rings (SSSR count). The van der Waals surface area contributed by atoms with Crippen LogP contribution in [0.3, 0.4) is 0 Å². The van der Waals surface area contributed by atoms with Gasteiger partial charge in [-0.15, -0.1) is 0 Å². The van der Waals surface area contributed by atoms with Crippen molar-refractivity contribution < 1.29 is 23.5 Å². The number of nitrogens with zero attached hydrogens (tertiary/aromatic N) is 3. The van der Waals surface area contributed by atoms with Gasteiger partial charge in [0.05, 0.1) is 11.7 Å². The molecule has 0 fully saturated rings. The first-order chi connectivity index (χ1) is 17.5. The fraction of sp³-hybridized carbons (Fsp3) is 0.370. The lowest BCUT2D eigenvalue weighted by atomic mass is 9.84. The Morgan fingerprint density at radius 1 is 1.16 bits per heavy atom. The van der Waals surface area contributed by atoms with E-state index in [9.17, 15) is 23.5 Å². The van der Waals surface area contributed by atoms with E-state index in [0.29, 0.717) is 25.3 Å². The van der Waals surface area contributed by atoms with E-state index in [1.807, 2.05) is 55.7 Å². The minimum Gasteiger partial charge on any atom is -0.387 e. The van der Waals surface area contributed by atoms with Crippen LogP contribution in [0.25, 0.3) is 11.3 Å². The first-order valence-corrected chi connectivity index (χ1v) is 13.0. The molecular formula is C27H31F2IN4O3. The Balaban J connectivity index is 2.13. The fourth-order valence-corrected chi connectivity index (χ4v) is 4.57. The van der Waals surface area contributed by atoms with Gasteiger partial charge < -0.3 is 19.9 Å². The molecule has 0 aliphatic rings. The number of amides is 2. The predicted octanol–water partition coefficient (Wildman–Crippen LogP) is 5.32. The third-order valence-corrected chi connectivity index (χ3v) is 6.26. The third-order valence-electron chi connectivity index (χ3n) is 5.88. The number of halogens is 3. The van der Waals surface area contributed by atoms with Gasteiger partial charge in [0.2, 0.25) is 5.91 Å². The smallest absolute Gasteiger partial charge is 0.280 e. The van der Waals surface area contributed by atoms with Gasteiger partial charge >= 0.3 is 0 Å². The predicted molar refractivity (Wildman–Crippen MR) is 146 cm³/mol. The van der Waals surface area contributed by atoms with Gasteiger partial charge in [-0.2, -0.15) is 0 Å². The highest BCUT2D eigenvalue weighted by Crippen LogP contribution is 2.39. The van der Waals surface area contributed by atoms with Crippen molar-refractivity contribution in [2.24, 2.45) is 5.41 Å². The molecular weight excluding hydrogens is 593 g/mol. The van der Waals surface area contributed by atoms with E-state index < -0.39 is 35.6 Å². The molecule has 198 valence electrons. The number of hydrogen-bond acceptors (Lipinski definition) is 4. The summed E-state index contributed by atoms with van der Waals surface area (Å²) in [6, 6.07) is 12.2. The average molecular weight is 624 g/mol. The summed E-state index contributed by atoms with van der Waals surface area (Å²) in [5.74, 6) is -1.21. The number of aliphatic hydroxyl groups excluding tert-OH is 1. The molecule has 0 radical (unpaired) electrons. The van der Waals surface area contributed by atoms with Gasteiger partial charge in [0.15, 0.2) is 0 Å². The maximum atomic E-state index is 14.7. The molecule has 3 aromatic rings. The van der Waals surface area contributed by atoms with E-state index in [1.165, 1.54) is 0 Å². The van der Waals surface area contributed by atoms with E-state index >= 15 is 0 Å². The molecule has 1 aromatic heterocycles. The van der Waals surface area contributed by atoms with Gasteiger partial charge in [0.1, 0.15) is 24.1 Å². The highest BCUT2D eigenvalue weighted by atomic mass is 127. The highest BCUT2D eigenvalue weighted by Gasteiger charge is 2.38. The largest absolute Gasteiger partial charge is 0.387 e. The van der Waals surface area contributed by atoms with Crippen LogP contribution < -0.4 is 5.32 Å². The van der Waals surface area contributed by atoms with Gasteiger partial charge in [0, 0.05) is 54.0 Å². The molecule has 1 unspecified atom stereocenters. The number of rotatable bonds is 10. The number of carbonyl (C=O) groups is 2. The first kappa shape index (κ1) is 28.7. The summed E-state index contributed by atoms with van der Waals surface area (Å²) < 4.78 is 30.4. The number of nitrogens with one attached hydrogen (secondary N) is 1. The number of hydrogen-bond donors (Lipinski definition) is 2. The van der Waals surface area contributed by atoms with Crippen molar-refractivity contribution in [2.45, 2.75) is 39.8 Å². The van der Waals surface area contributed by atoms with E-state index in [2.05, 4.69) is 5.32 Å². The Morgan fingerprint density at radius 2 is 1.86 bits per heavy atom. The van der Waals surface area contributed by atoms with Crippen LogP contribution in [0.4, 0.5) is 13.6 Å². The fourth-order valence-electron chi connectivity index (χ4n) is 4.30. The minimum absolute atomic E-state index is 0.0190. The Bertz CT molecular complexity index is 1230. The van der Waals surface area contributed by atoms with Crippen molar-refractivity contribution in [2.75, 3.05) is 19.7 Å². The Morgan fingerprint density at radius 3 is 2.49 bits per heavy atom. The van der Waals surface area contributed by atoms with Crippen LogP contribution in [0, 0.1) is 17.0 Å². The molecule has 0 aliphatic heterocycles. The molecule has 37 heavy (non-hydrogen) atoms. The minimum atomic E-state index is -0.698. The lowest BCUT2D eigenvalue weighted by Gasteiger charge is -2.40. The number of benzene rings is 2. The van der Waals surface area contributed by atoms with Crippen molar-refractivity contribution in [3.05, 3.63) is 77.8 Å². The molecule has 0 saturated carbocycles.